The number of ketones is 1. The highest BCUT2D eigenvalue weighted by Crippen LogP contribution is 2.50. The zero-order valence-corrected chi connectivity index (χ0v) is 19.3. The number of anilines is 1. The SMILES string of the molecule is Cc1ccc(N2C(=O)[C@@H]3C4C5=CCCC=C5C=CN4C(C(=O)c4ccccc4)[C@@H]3C2=O)cc1C. The van der Waals surface area contributed by atoms with Gasteiger partial charge in [0.2, 0.25) is 11.8 Å². The number of aryl methyl sites for hydroxylation is 2. The maximum Gasteiger partial charge on any atom is 0.240 e. The van der Waals surface area contributed by atoms with Gasteiger partial charge in [-0.3, -0.25) is 14.4 Å². The molecular formula is C29H26N2O3. The summed E-state index contributed by atoms with van der Waals surface area (Å²) in [5, 5.41) is 0. The van der Waals surface area contributed by atoms with Crippen LogP contribution < -0.4 is 4.90 Å². The molecule has 4 atom stereocenters. The van der Waals surface area contributed by atoms with Crippen molar-refractivity contribution in [1.29, 1.82) is 0 Å². The van der Waals surface area contributed by atoms with Gasteiger partial charge in [-0.1, -0.05) is 48.6 Å². The van der Waals surface area contributed by atoms with Gasteiger partial charge in [-0.2, -0.15) is 0 Å². The lowest BCUT2D eigenvalue weighted by Gasteiger charge is -2.37. The summed E-state index contributed by atoms with van der Waals surface area (Å²) in [5.41, 5.74) is 5.44. The second-order valence-electron chi connectivity index (χ2n) is 9.61. The average molecular weight is 451 g/mol. The Morgan fingerprint density at radius 1 is 0.882 bits per heavy atom. The van der Waals surface area contributed by atoms with Crippen molar-refractivity contribution in [2.75, 3.05) is 4.90 Å². The summed E-state index contributed by atoms with van der Waals surface area (Å²) in [6, 6.07) is 13.7. The van der Waals surface area contributed by atoms with Crippen LogP contribution in [-0.4, -0.2) is 34.6 Å². The summed E-state index contributed by atoms with van der Waals surface area (Å²) in [6.07, 6.45) is 10.2. The molecule has 0 bridgehead atoms. The van der Waals surface area contributed by atoms with Crippen molar-refractivity contribution in [3.63, 3.8) is 0 Å². The normalized spacial score (nSPS) is 27.2. The van der Waals surface area contributed by atoms with Crippen molar-refractivity contribution in [3.8, 4) is 0 Å². The van der Waals surface area contributed by atoms with Gasteiger partial charge in [0, 0.05) is 11.8 Å². The minimum Gasteiger partial charge on any atom is -0.358 e. The lowest BCUT2D eigenvalue weighted by Crippen LogP contribution is -2.47. The van der Waals surface area contributed by atoms with Gasteiger partial charge >= 0.3 is 0 Å². The van der Waals surface area contributed by atoms with Crippen LogP contribution in [0.1, 0.15) is 34.3 Å². The molecule has 0 N–H and O–H groups in total. The summed E-state index contributed by atoms with van der Waals surface area (Å²) in [6.45, 7) is 3.98. The predicted molar refractivity (Wildman–Crippen MR) is 130 cm³/mol. The van der Waals surface area contributed by atoms with Crippen LogP contribution in [0.15, 0.2) is 84.1 Å². The Kier molecular flexibility index (Phi) is 4.70. The number of benzene rings is 2. The van der Waals surface area contributed by atoms with E-state index >= 15 is 0 Å². The molecule has 2 aromatic rings. The third-order valence-electron chi connectivity index (χ3n) is 7.77. The van der Waals surface area contributed by atoms with Gasteiger partial charge in [0.15, 0.2) is 5.78 Å². The molecule has 5 nitrogen and oxygen atoms in total. The van der Waals surface area contributed by atoms with Crippen molar-refractivity contribution in [1.82, 2.24) is 4.90 Å². The summed E-state index contributed by atoms with van der Waals surface area (Å²) < 4.78 is 0. The molecule has 3 heterocycles. The average Bonchev–Trinajstić information content (AvgIpc) is 3.33. The van der Waals surface area contributed by atoms with Crippen molar-refractivity contribution in [2.24, 2.45) is 11.8 Å². The first-order chi connectivity index (χ1) is 16.5. The zero-order valence-electron chi connectivity index (χ0n) is 19.3. The number of Topliss-reactive ketones (excluding diaryl/α,β-unsaturated/α-hetero) is 1. The molecule has 3 aliphatic heterocycles. The van der Waals surface area contributed by atoms with Crippen molar-refractivity contribution in [2.45, 2.75) is 38.8 Å². The molecular weight excluding hydrogens is 424 g/mol. The van der Waals surface area contributed by atoms with E-state index in [0.717, 1.165) is 35.1 Å². The molecule has 0 saturated carbocycles. The minimum atomic E-state index is -0.723. The Hall–Kier alpha value is -3.73. The van der Waals surface area contributed by atoms with Crippen LogP contribution in [0.3, 0.4) is 0 Å². The molecule has 5 heteroatoms. The molecule has 0 spiro atoms. The van der Waals surface area contributed by atoms with Crippen LogP contribution in [0.5, 0.6) is 0 Å². The third kappa shape index (κ3) is 2.89. The first-order valence-electron chi connectivity index (χ1n) is 11.9. The summed E-state index contributed by atoms with van der Waals surface area (Å²) >= 11 is 0. The third-order valence-corrected chi connectivity index (χ3v) is 7.77. The molecule has 170 valence electrons. The first kappa shape index (κ1) is 20.8. The van der Waals surface area contributed by atoms with Crippen molar-refractivity contribution in [3.05, 3.63) is 101 Å². The van der Waals surface area contributed by atoms with E-state index in [0.29, 0.717) is 11.3 Å². The Morgan fingerprint density at radius 2 is 1.62 bits per heavy atom. The minimum absolute atomic E-state index is 0.116. The summed E-state index contributed by atoms with van der Waals surface area (Å²) in [5.74, 6) is -1.92. The number of carbonyl (C=O) groups is 3. The van der Waals surface area contributed by atoms with Gasteiger partial charge in [0.25, 0.3) is 0 Å². The molecule has 2 aromatic carbocycles. The largest absolute Gasteiger partial charge is 0.358 e. The molecule has 2 amide bonds. The quantitative estimate of drug-likeness (QED) is 0.510. The van der Waals surface area contributed by atoms with Gasteiger partial charge in [-0.25, -0.2) is 4.90 Å². The molecule has 6 rings (SSSR count). The zero-order chi connectivity index (χ0) is 23.6. The number of rotatable bonds is 3. The Morgan fingerprint density at radius 3 is 2.38 bits per heavy atom. The van der Waals surface area contributed by atoms with E-state index in [1.165, 1.54) is 4.90 Å². The summed E-state index contributed by atoms with van der Waals surface area (Å²) in [7, 11) is 0. The van der Waals surface area contributed by atoms with Crippen LogP contribution in [-0.2, 0) is 9.59 Å². The molecule has 0 radical (unpaired) electrons. The van der Waals surface area contributed by atoms with Crippen LogP contribution >= 0.6 is 0 Å². The van der Waals surface area contributed by atoms with Gasteiger partial charge in [0.1, 0.15) is 6.04 Å². The maximum absolute atomic E-state index is 13.9. The number of amides is 2. The highest BCUT2D eigenvalue weighted by Gasteiger charge is 2.64. The maximum atomic E-state index is 13.9. The monoisotopic (exact) mass is 450 g/mol. The van der Waals surface area contributed by atoms with E-state index in [1.54, 1.807) is 12.1 Å². The second kappa shape index (κ2) is 7.66. The van der Waals surface area contributed by atoms with Gasteiger partial charge in [-0.05, 0) is 67.2 Å². The smallest absolute Gasteiger partial charge is 0.240 e. The number of nitrogens with zero attached hydrogens (tertiary/aromatic N) is 2. The van der Waals surface area contributed by atoms with Crippen LogP contribution in [0.25, 0.3) is 0 Å². The van der Waals surface area contributed by atoms with E-state index < -0.39 is 17.9 Å². The number of fused-ring (bicyclic) bond motifs is 5. The van der Waals surface area contributed by atoms with Crippen LogP contribution in [0, 0.1) is 25.7 Å². The van der Waals surface area contributed by atoms with Crippen molar-refractivity contribution >= 4 is 23.3 Å². The van der Waals surface area contributed by atoms with Crippen LogP contribution in [0.4, 0.5) is 5.69 Å². The molecule has 1 aliphatic carbocycles. The molecule has 0 aromatic heterocycles. The number of hydrogen-bond acceptors (Lipinski definition) is 4. The number of carbonyl (C=O) groups excluding carboxylic acids is 3. The highest BCUT2D eigenvalue weighted by molar-refractivity contribution is 6.24. The van der Waals surface area contributed by atoms with Crippen molar-refractivity contribution < 1.29 is 14.4 Å². The molecule has 2 unspecified atom stereocenters. The van der Waals surface area contributed by atoms with Crippen LogP contribution in [0.2, 0.25) is 0 Å². The second-order valence-corrected chi connectivity index (χ2v) is 9.61. The number of allylic oxidation sites excluding steroid dienone is 3. The summed E-state index contributed by atoms with van der Waals surface area (Å²) in [4.78, 5) is 45.0. The highest BCUT2D eigenvalue weighted by atomic mass is 16.2. The molecule has 2 fully saturated rings. The van der Waals surface area contributed by atoms with E-state index in [4.69, 9.17) is 0 Å². The number of hydrogen-bond donors (Lipinski definition) is 0. The fraction of sp³-hybridized carbons (Fsp3) is 0.276. The topological polar surface area (TPSA) is 57.7 Å². The van der Waals surface area contributed by atoms with Gasteiger partial charge in [-0.15, -0.1) is 0 Å². The predicted octanol–water partition coefficient (Wildman–Crippen LogP) is 4.52. The Labute approximate surface area is 199 Å². The number of imide groups is 1. The van der Waals surface area contributed by atoms with Gasteiger partial charge < -0.3 is 4.90 Å². The standard InChI is InChI=1S/C29H26N2O3/c1-17-12-13-21(16-18(17)2)31-28(33)23-24(29(31)34)26(27(32)20-9-4-3-5-10-20)30-15-14-19-8-6-7-11-22(19)25(23)30/h3-5,8-16,23-26H,6-7H2,1-2H3/t23-,24+,25?,26?/m0/s1. The molecule has 34 heavy (non-hydrogen) atoms. The molecule has 4 aliphatic rings. The van der Waals surface area contributed by atoms with E-state index in [-0.39, 0.29) is 23.6 Å². The lowest BCUT2D eigenvalue weighted by molar-refractivity contribution is -0.123. The Balaban J connectivity index is 1.49. The fourth-order valence-electron chi connectivity index (χ4n) is 5.99. The van der Waals surface area contributed by atoms with Gasteiger partial charge in [0.05, 0.1) is 23.6 Å². The van der Waals surface area contributed by atoms with E-state index in [9.17, 15) is 14.4 Å². The van der Waals surface area contributed by atoms with E-state index in [1.807, 2.05) is 67.4 Å². The lowest BCUT2D eigenvalue weighted by atomic mass is 9.81. The molecule has 2 saturated heterocycles. The fourth-order valence-corrected chi connectivity index (χ4v) is 5.99. The van der Waals surface area contributed by atoms with E-state index in [2.05, 4.69) is 12.2 Å². The first-order valence-corrected chi connectivity index (χ1v) is 11.9. The Bertz CT molecular complexity index is 1320.